The minimum atomic E-state index is -1.15. The van der Waals surface area contributed by atoms with E-state index in [1.54, 1.807) is 13.8 Å². The van der Waals surface area contributed by atoms with Gasteiger partial charge >= 0.3 is 5.97 Å². The number of carbonyl (C=O) groups is 2. The Morgan fingerprint density at radius 2 is 2.12 bits per heavy atom. The lowest BCUT2D eigenvalue weighted by atomic mass is 10.0. The van der Waals surface area contributed by atoms with Crippen LogP contribution in [0.15, 0.2) is 18.6 Å². The first kappa shape index (κ1) is 13.4. The van der Waals surface area contributed by atoms with Crippen molar-refractivity contribution in [2.24, 2.45) is 0 Å². The van der Waals surface area contributed by atoms with Gasteiger partial charge in [0.1, 0.15) is 11.7 Å². The lowest BCUT2D eigenvalue weighted by Gasteiger charge is -2.26. The van der Waals surface area contributed by atoms with E-state index < -0.39 is 22.7 Å². The quantitative estimate of drug-likeness (QED) is 0.676. The second kappa shape index (κ2) is 5.13. The zero-order chi connectivity index (χ0) is 13.1. The van der Waals surface area contributed by atoms with Crippen LogP contribution in [0, 0.1) is 0 Å². The molecule has 7 heteroatoms. The summed E-state index contributed by atoms with van der Waals surface area (Å²) in [6.45, 7) is 3.21. The van der Waals surface area contributed by atoms with Gasteiger partial charge in [-0.15, -0.1) is 0 Å². The molecule has 1 unspecified atom stereocenters. The van der Waals surface area contributed by atoms with Gasteiger partial charge < -0.3 is 10.4 Å². The summed E-state index contributed by atoms with van der Waals surface area (Å²) in [6.07, 6.45) is 4.05. The van der Waals surface area contributed by atoms with Gasteiger partial charge in [-0.1, -0.05) is 0 Å². The van der Waals surface area contributed by atoms with Gasteiger partial charge in [-0.25, -0.2) is 9.78 Å². The molecule has 0 radical (unpaired) electrons. The molecular weight excluding hydrogens is 242 g/mol. The number of rotatable bonds is 4. The van der Waals surface area contributed by atoms with E-state index in [9.17, 15) is 9.59 Å². The molecule has 0 fully saturated rings. The minimum Gasteiger partial charge on any atom is -0.480 e. The van der Waals surface area contributed by atoms with Crippen LogP contribution in [-0.4, -0.2) is 37.7 Å². The summed E-state index contributed by atoms with van der Waals surface area (Å²) in [7, 11) is 0. The Hall–Kier alpha value is -1.63. The van der Waals surface area contributed by atoms with Gasteiger partial charge in [0.05, 0.1) is 6.20 Å². The average Bonchev–Trinajstić information content (AvgIpc) is 2.24. The molecule has 17 heavy (non-hydrogen) atoms. The Balaban J connectivity index is 2.83. The summed E-state index contributed by atoms with van der Waals surface area (Å²) in [5, 5.41) is 11.4. The summed E-state index contributed by atoms with van der Waals surface area (Å²) >= 11 is 4.14. The lowest BCUT2D eigenvalue weighted by molar-refractivity contribution is -0.139. The number of carboxylic acids is 1. The van der Waals surface area contributed by atoms with Crippen molar-refractivity contribution < 1.29 is 14.7 Å². The highest BCUT2D eigenvalue weighted by molar-refractivity contribution is 7.81. The smallest absolute Gasteiger partial charge is 0.327 e. The fourth-order valence-corrected chi connectivity index (χ4v) is 1.34. The molecule has 0 aliphatic rings. The summed E-state index contributed by atoms with van der Waals surface area (Å²) < 4.78 is -0.885. The Labute approximate surface area is 104 Å². The molecule has 1 heterocycles. The third-order valence-corrected chi connectivity index (χ3v) is 2.28. The van der Waals surface area contributed by atoms with E-state index in [1.807, 2.05) is 0 Å². The van der Waals surface area contributed by atoms with Crippen molar-refractivity contribution in [3.8, 4) is 0 Å². The predicted molar refractivity (Wildman–Crippen MR) is 64.0 cm³/mol. The zero-order valence-corrected chi connectivity index (χ0v) is 10.3. The number of aliphatic carboxylic acids is 1. The van der Waals surface area contributed by atoms with E-state index in [-0.39, 0.29) is 5.69 Å². The number of carbonyl (C=O) groups excluding carboxylic acids is 1. The van der Waals surface area contributed by atoms with Crippen LogP contribution in [-0.2, 0) is 4.79 Å². The first-order valence-corrected chi connectivity index (χ1v) is 5.29. The number of thiol groups is 1. The molecule has 0 aromatic carbocycles. The van der Waals surface area contributed by atoms with Crippen LogP contribution in [0.1, 0.15) is 24.3 Å². The summed E-state index contributed by atoms with van der Waals surface area (Å²) in [6, 6.07) is -1.11. The minimum absolute atomic E-state index is 0.0660. The number of amides is 1. The van der Waals surface area contributed by atoms with Crippen molar-refractivity contribution in [1.82, 2.24) is 15.3 Å². The van der Waals surface area contributed by atoms with Crippen molar-refractivity contribution in [3.63, 3.8) is 0 Å². The molecule has 1 aromatic heterocycles. The molecule has 0 spiro atoms. The van der Waals surface area contributed by atoms with Crippen LogP contribution < -0.4 is 5.32 Å². The average molecular weight is 255 g/mol. The van der Waals surface area contributed by atoms with Gasteiger partial charge in [0.15, 0.2) is 0 Å². The van der Waals surface area contributed by atoms with Gasteiger partial charge in [-0.05, 0) is 13.8 Å². The summed E-state index contributed by atoms with van der Waals surface area (Å²) in [5.74, 6) is -1.74. The van der Waals surface area contributed by atoms with Crippen molar-refractivity contribution >= 4 is 24.5 Å². The predicted octanol–water partition coefficient (Wildman–Crippen LogP) is 0.368. The van der Waals surface area contributed by atoms with Crippen LogP contribution in [0.2, 0.25) is 0 Å². The van der Waals surface area contributed by atoms with E-state index in [0.29, 0.717) is 0 Å². The Kier molecular flexibility index (Phi) is 4.06. The van der Waals surface area contributed by atoms with Crippen LogP contribution in [0.4, 0.5) is 0 Å². The third kappa shape index (κ3) is 3.70. The maximum absolute atomic E-state index is 11.7. The highest BCUT2D eigenvalue weighted by Gasteiger charge is 2.34. The van der Waals surface area contributed by atoms with Gasteiger partial charge in [0, 0.05) is 17.1 Å². The number of carboxylic acid groups (broad SMARTS) is 1. The normalized spacial score (nSPS) is 12.9. The van der Waals surface area contributed by atoms with E-state index >= 15 is 0 Å². The van der Waals surface area contributed by atoms with Gasteiger partial charge in [-0.2, -0.15) is 12.6 Å². The molecule has 2 N–H and O–H groups in total. The molecule has 0 aliphatic heterocycles. The summed E-state index contributed by atoms with van der Waals surface area (Å²) in [4.78, 5) is 30.2. The van der Waals surface area contributed by atoms with Crippen molar-refractivity contribution in [3.05, 3.63) is 24.3 Å². The fourth-order valence-electron chi connectivity index (χ4n) is 1.16. The maximum Gasteiger partial charge on any atom is 0.327 e. The first-order valence-electron chi connectivity index (χ1n) is 4.84. The van der Waals surface area contributed by atoms with Crippen LogP contribution >= 0.6 is 12.6 Å². The van der Waals surface area contributed by atoms with Gasteiger partial charge in [0.25, 0.3) is 5.91 Å². The molecule has 0 bridgehead atoms. The zero-order valence-electron chi connectivity index (χ0n) is 9.41. The number of nitrogens with one attached hydrogen (secondary N) is 1. The molecule has 0 saturated heterocycles. The van der Waals surface area contributed by atoms with Crippen molar-refractivity contribution in [2.75, 3.05) is 0 Å². The van der Waals surface area contributed by atoms with E-state index in [1.165, 1.54) is 18.6 Å². The standard InChI is InChI=1S/C10H13N3O3S/c1-10(2,17)7(9(15)16)13-8(14)6-5-11-3-4-12-6/h3-5,7,17H,1-2H3,(H,13,14)(H,15,16). The SMILES string of the molecule is CC(C)(S)C(NC(=O)c1cnccn1)C(=O)O. The Bertz CT molecular complexity index is 417. The van der Waals surface area contributed by atoms with Crippen LogP contribution in [0.5, 0.6) is 0 Å². The maximum atomic E-state index is 11.7. The monoisotopic (exact) mass is 255 g/mol. The number of aromatic nitrogens is 2. The first-order chi connectivity index (χ1) is 7.82. The molecule has 1 rings (SSSR count). The number of hydrogen-bond donors (Lipinski definition) is 3. The molecule has 1 amide bonds. The second-order valence-corrected chi connectivity index (χ2v) is 5.14. The highest BCUT2D eigenvalue weighted by atomic mass is 32.1. The van der Waals surface area contributed by atoms with Gasteiger partial charge in [0.2, 0.25) is 0 Å². The molecule has 6 nitrogen and oxygen atoms in total. The molecule has 0 aliphatic carbocycles. The van der Waals surface area contributed by atoms with E-state index in [4.69, 9.17) is 5.11 Å². The Morgan fingerprint density at radius 3 is 2.53 bits per heavy atom. The van der Waals surface area contributed by atoms with Crippen molar-refractivity contribution in [1.29, 1.82) is 0 Å². The van der Waals surface area contributed by atoms with Crippen molar-refractivity contribution in [2.45, 2.75) is 24.6 Å². The molecule has 1 aromatic rings. The fraction of sp³-hybridized carbons (Fsp3) is 0.400. The lowest BCUT2D eigenvalue weighted by Crippen LogP contribution is -2.51. The third-order valence-electron chi connectivity index (χ3n) is 2.02. The molecular formula is C10H13N3O3S. The summed E-state index contributed by atoms with van der Waals surface area (Å²) in [5.41, 5.74) is 0.0660. The van der Waals surface area contributed by atoms with Crippen LogP contribution in [0.25, 0.3) is 0 Å². The van der Waals surface area contributed by atoms with E-state index in [0.717, 1.165) is 0 Å². The Morgan fingerprint density at radius 1 is 1.47 bits per heavy atom. The molecule has 0 saturated carbocycles. The largest absolute Gasteiger partial charge is 0.480 e. The topological polar surface area (TPSA) is 92.2 Å². The second-order valence-electron chi connectivity index (χ2n) is 3.99. The highest BCUT2D eigenvalue weighted by Crippen LogP contribution is 2.18. The number of hydrogen-bond acceptors (Lipinski definition) is 5. The van der Waals surface area contributed by atoms with Crippen LogP contribution in [0.3, 0.4) is 0 Å². The molecule has 92 valence electrons. The number of nitrogens with zero attached hydrogens (tertiary/aromatic N) is 2. The van der Waals surface area contributed by atoms with Gasteiger partial charge in [-0.3, -0.25) is 9.78 Å². The van der Waals surface area contributed by atoms with E-state index in [2.05, 4.69) is 27.9 Å². The molecule has 1 atom stereocenters.